The van der Waals surface area contributed by atoms with E-state index in [4.69, 9.17) is 11.6 Å². The summed E-state index contributed by atoms with van der Waals surface area (Å²) in [6, 6.07) is 1.48. The highest BCUT2D eigenvalue weighted by Gasteiger charge is 2.00. The third-order valence-electron chi connectivity index (χ3n) is 2.02. The Bertz CT molecular complexity index is 549. The highest BCUT2D eigenvalue weighted by atomic mass is 35.5. The molecule has 2 rings (SSSR count). The van der Waals surface area contributed by atoms with Crippen LogP contribution < -0.4 is 5.56 Å². The van der Waals surface area contributed by atoms with Crippen molar-refractivity contribution in [2.24, 2.45) is 0 Å². The smallest absolute Gasteiger partial charge is 0.253 e. The quantitative estimate of drug-likeness (QED) is 0.782. The Kier molecular flexibility index (Phi) is 2.96. The zero-order chi connectivity index (χ0) is 11.5. The SMILES string of the molecule is Cc1cc(=O)n(Cc2cnc(Cl)cn2)cn1. The molecule has 0 saturated carbocycles. The molecular formula is C10H9ClN4O. The lowest BCUT2D eigenvalue weighted by Crippen LogP contribution is -2.21. The molecule has 0 unspecified atom stereocenters. The van der Waals surface area contributed by atoms with Crippen molar-refractivity contribution in [1.29, 1.82) is 0 Å². The highest BCUT2D eigenvalue weighted by Crippen LogP contribution is 2.01. The zero-order valence-electron chi connectivity index (χ0n) is 8.59. The van der Waals surface area contributed by atoms with Gasteiger partial charge in [0.1, 0.15) is 5.15 Å². The van der Waals surface area contributed by atoms with E-state index >= 15 is 0 Å². The molecule has 0 radical (unpaired) electrons. The van der Waals surface area contributed by atoms with E-state index in [1.807, 2.05) is 0 Å². The van der Waals surface area contributed by atoms with Gasteiger partial charge >= 0.3 is 0 Å². The number of hydrogen-bond acceptors (Lipinski definition) is 4. The van der Waals surface area contributed by atoms with Crippen molar-refractivity contribution in [3.8, 4) is 0 Å². The van der Waals surface area contributed by atoms with Crippen molar-refractivity contribution in [3.63, 3.8) is 0 Å². The van der Waals surface area contributed by atoms with Crippen LogP contribution in [0.15, 0.2) is 29.6 Å². The molecule has 0 fully saturated rings. The van der Waals surface area contributed by atoms with Crippen molar-refractivity contribution >= 4 is 11.6 Å². The lowest BCUT2D eigenvalue weighted by molar-refractivity contribution is 0.710. The van der Waals surface area contributed by atoms with Crippen LogP contribution in [0, 0.1) is 6.92 Å². The molecule has 0 aliphatic heterocycles. The summed E-state index contributed by atoms with van der Waals surface area (Å²) in [5.41, 5.74) is 1.25. The topological polar surface area (TPSA) is 60.7 Å². The summed E-state index contributed by atoms with van der Waals surface area (Å²) in [4.78, 5) is 23.5. The van der Waals surface area contributed by atoms with Gasteiger partial charge in [0.2, 0.25) is 0 Å². The van der Waals surface area contributed by atoms with Crippen LogP contribution in [0.5, 0.6) is 0 Å². The van der Waals surface area contributed by atoms with Gasteiger partial charge in [-0.05, 0) is 6.92 Å². The molecular weight excluding hydrogens is 228 g/mol. The molecule has 0 aromatic carbocycles. The molecule has 0 atom stereocenters. The first kappa shape index (κ1) is 10.8. The molecule has 0 bridgehead atoms. The Labute approximate surface area is 96.8 Å². The van der Waals surface area contributed by atoms with Crippen molar-refractivity contribution in [1.82, 2.24) is 19.5 Å². The lowest BCUT2D eigenvalue weighted by atomic mass is 10.4. The molecule has 82 valence electrons. The maximum Gasteiger partial charge on any atom is 0.253 e. The van der Waals surface area contributed by atoms with E-state index in [1.165, 1.54) is 29.4 Å². The molecule has 5 nitrogen and oxygen atoms in total. The average Bonchev–Trinajstić information content (AvgIpc) is 2.25. The second-order valence-corrected chi connectivity index (χ2v) is 3.71. The molecule has 0 N–H and O–H groups in total. The largest absolute Gasteiger partial charge is 0.293 e. The molecule has 2 heterocycles. The summed E-state index contributed by atoms with van der Waals surface area (Å²) in [6.45, 7) is 2.12. The number of rotatable bonds is 2. The first-order chi connectivity index (χ1) is 7.65. The summed E-state index contributed by atoms with van der Waals surface area (Å²) >= 11 is 5.61. The number of halogens is 1. The van der Waals surface area contributed by atoms with Crippen LogP contribution in [0.1, 0.15) is 11.4 Å². The van der Waals surface area contributed by atoms with Crippen molar-refractivity contribution < 1.29 is 0 Å². The summed E-state index contributed by atoms with van der Waals surface area (Å²) in [5.74, 6) is 0. The van der Waals surface area contributed by atoms with Gasteiger partial charge in [-0.15, -0.1) is 0 Å². The molecule has 16 heavy (non-hydrogen) atoms. The molecule has 6 heteroatoms. The molecule has 0 aliphatic carbocycles. The molecule has 0 aliphatic rings. The summed E-state index contributed by atoms with van der Waals surface area (Å²) < 4.78 is 1.46. The van der Waals surface area contributed by atoms with E-state index in [2.05, 4.69) is 15.0 Å². The van der Waals surface area contributed by atoms with Gasteiger partial charge in [0.05, 0.1) is 31.0 Å². The summed E-state index contributed by atoms with van der Waals surface area (Å²) in [5, 5.41) is 0.332. The second-order valence-electron chi connectivity index (χ2n) is 3.33. The van der Waals surface area contributed by atoms with Crippen LogP contribution in [-0.2, 0) is 6.54 Å². The van der Waals surface area contributed by atoms with Crippen LogP contribution in [0.4, 0.5) is 0 Å². The fourth-order valence-electron chi connectivity index (χ4n) is 1.23. The zero-order valence-corrected chi connectivity index (χ0v) is 9.35. The van der Waals surface area contributed by atoms with Gasteiger partial charge in [-0.25, -0.2) is 9.97 Å². The predicted molar refractivity (Wildman–Crippen MR) is 59.4 cm³/mol. The first-order valence-electron chi connectivity index (χ1n) is 4.64. The van der Waals surface area contributed by atoms with Crippen LogP contribution in [-0.4, -0.2) is 19.5 Å². The highest BCUT2D eigenvalue weighted by molar-refractivity contribution is 6.29. The maximum atomic E-state index is 11.6. The molecule has 0 amide bonds. The van der Waals surface area contributed by atoms with Gasteiger partial charge in [-0.3, -0.25) is 14.3 Å². The van der Waals surface area contributed by atoms with Gasteiger partial charge < -0.3 is 0 Å². The van der Waals surface area contributed by atoms with Gasteiger partial charge in [0, 0.05) is 11.8 Å². The Morgan fingerprint density at radius 3 is 2.75 bits per heavy atom. The van der Waals surface area contributed by atoms with E-state index in [0.717, 1.165) is 0 Å². The third-order valence-corrected chi connectivity index (χ3v) is 2.22. The Balaban J connectivity index is 2.27. The Hall–Kier alpha value is -1.75. The van der Waals surface area contributed by atoms with Crippen LogP contribution in [0.25, 0.3) is 0 Å². The van der Waals surface area contributed by atoms with E-state index in [-0.39, 0.29) is 5.56 Å². The molecule has 2 aromatic heterocycles. The van der Waals surface area contributed by atoms with E-state index in [9.17, 15) is 4.79 Å². The lowest BCUT2D eigenvalue weighted by Gasteiger charge is -2.03. The van der Waals surface area contributed by atoms with Crippen LogP contribution in [0.3, 0.4) is 0 Å². The molecule has 2 aromatic rings. The number of nitrogens with zero attached hydrogens (tertiary/aromatic N) is 4. The first-order valence-corrected chi connectivity index (χ1v) is 5.02. The summed E-state index contributed by atoms with van der Waals surface area (Å²) in [7, 11) is 0. The van der Waals surface area contributed by atoms with E-state index < -0.39 is 0 Å². The van der Waals surface area contributed by atoms with Gasteiger partial charge in [0.15, 0.2) is 0 Å². The number of hydrogen-bond donors (Lipinski definition) is 0. The van der Waals surface area contributed by atoms with Crippen molar-refractivity contribution in [3.05, 3.63) is 51.7 Å². The summed E-state index contributed by atoms with van der Waals surface area (Å²) in [6.07, 6.45) is 4.48. The van der Waals surface area contributed by atoms with E-state index in [1.54, 1.807) is 6.92 Å². The minimum Gasteiger partial charge on any atom is -0.293 e. The van der Waals surface area contributed by atoms with Gasteiger partial charge in [-0.1, -0.05) is 11.6 Å². The van der Waals surface area contributed by atoms with Crippen LogP contribution in [0.2, 0.25) is 5.15 Å². The minimum absolute atomic E-state index is 0.107. The second kappa shape index (κ2) is 4.40. The fraction of sp³-hybridized carbons (Fsp3) is 0.200. The molecule has 0 spiro atoms. The molecule has 0 saturated heterocycles. The number of aromatic nitrogens is 4. The van der Waals surface area contributed by atoms with Gasteiger partial charge in [-0.2, -0.15) is 0 Å². The predicted octanol–water partition coefficient (Wildman–Crippen LogP) is 1.04. The Morgan fingerprint density at radius 2 is 2.12 bits per heavy atom. The monoisotopic (exact) mass is 236 g/mol. The van der Waals surface area contributed by atoms with E-state index in [0.29, 0.717) is 23.1 Å². The van der Waals surface area contributed by atoms with Crippen LogP contribution >= 0.6 is 11.6 Å². The fourth-order valence-corrected chi connectivity index (χ4v) is 1.33. The average molecular weight is 237 g/mol. The minimum atomic E-state index is -0.107. The third kappa shape index (κ3) is 2.43. The normalized spacial score (nSPS) is 10.4. The number of aryl methyl sites for hydroxylation is 1. The maximum absolute atomic E-state index is 11.6. The Morgan fingerprint density at radius 1 is 1.31 bits per heavy atom. The van der Waals surface area contributed by atoms with Gasteiger partial charge in [0.25, 0.3) is 5.56 Å². The van der Waals surface area contributed by atoms with Crippen molar-refractivity contribution in [2.75, 3.05) is 0 Å². The van der Waals surface area contributed by atoms with Crippen molar-refractivity contribution in [2.45, 2.75) is 13.5 Å². The standard InChI is InChI=1S/C10H9ClN4O/c1-7-2-10(16)15(6-14-7)5-8-3-13-9(11)4-12-8/h2-4,6H,5H2,1H3.